The second kappa shape index (κ2) is 6.12. The van der Waals surface area contributed by atoms with Crippen LogP contribution in [0.5, 0.6) is 0 Å². The SMILES string of the molecule is O=C1NC(=S)N(c2ccc(Br)cc2)C(=O)/C1=C\c1ccsc1. The van der Waals surface area contributed by atoms with Crippen LogP contribution in [0.3, 0.4) is 0 Å². The number of nitrogens with zero attached hydrogens (tertiary/aromatic N) is 1. The van der Waals surface area contributed by atoms with Crippen LogP contribution >= 0.6 is 39.5 Å². The van der Waals surface area contributed by atoms with E-state index in [1.165, 1.54) is 16.2 Å². The Hall–Kier alpha value is -1.83. The summed E-state index contributed by atoms with van der Waals surface area (Å²) in [5.74, 6) is -0.906. The first kappa shape index (κ1) is 15.1. The molecule has 2 amide bonds. The van der Waals surface area contributed by atoms with Crippen LogP contribution in [0.15, 0.2) is 51.1 Å². The fraction of sp³-hybridized carbons (Fsp3) is 0. The molecule has 0 bridgehead atoms. The van der Waals surface area contributed by atoms with E-state index in [0.717, 1.165) is 10.0 Å². The first-order chi connectivity index (χ1) is 10.6. The fourth-order valence-corrected chi connectivity index (χ4v) is 3.17. The van der Waals surface area contributed by atoms with E-state index >= 15 is 0 Å². The van der Waals surface area contributed by atoms with Gasteiger partial charge in [-0.05, 0) is 64.9 Å². The van der Waals surface area contributed by atoms with Gasteiger partial charge in [0.1, 0.15) is 5.57 Å². The monoisotopic (exact) mass is 392 g/mol. The molecule has 1 aromatic heterocycles. The van der Waals surface area contributed by atoms with Crippen molar-refractivity contribution in [1.29, 1.82) is 0 Å². The number of rotatable bonds is 2. The van der Waals surface area contributed by atoms with E-state index < -0.39 is 11.8 Å². The highest BCUT2D eigenvalue weighted by molar-refractivity contribution is 9.10. The van der Waals surface area contributed by atoms with E-state index in [-0.39, 0.29) is 10.7 Å². The molecule has 1 fully saturated rings. The van der Waals surface area contributed by atoms with E-state index in [0.29, 0.717) is 5.69 Å². The van der Waals surface area contributed by atoms with Gasteiger partial charge in [0.15, 0.2) is 5.11 Å². The van der Waals surface area contributed by atoms with Crippen molar-refractivity contribution in [2.24, 2.45) is 0 Å². The van der Waals surface area contributed by atoms with E-state index in [1.807, 2.05) is 29.0 Å². The van der Waals surface area contributed by atoms with Crippen LogP contribution in [0.25, 0.3) is 6.08 Å². The number of nitrogens with one attached hydrogen (secondary N) is 1. The van der Waals surface area contributed by atoms with E-state index in [9.17, 15) is 9.59 Å². The van der Waals surface area contributed by atoms with Crippen molar-refractivity contribution in [3.8, 4) is 0 Å². The minimum absolute atomic E-state index is 0.0647. The van der Waals surface area contributed by atoms with Gasteiger partial charge in [0.05, 0.1) is 5.69 Å². The van der Waals surface area contributed by atoms with Crippen molar-refractivity contribution in [3.63, 3.8) is 0 Å². The highest BCUT2D eigenvalue weighted by Gasteiger charge is 2.34. The lowest BCUT2D eigenvalue weighted by atomic mass is 10.1. The zero-order valence-corrected chi connectivity index (χ0v) is 14.3. The molecular weight excluding hydrogens is 384 g/mol. The number of carbonyl (C=O) groups is 2. The van der Waals surface area contributed by atoms with Gasteiger partial charge in [0.2, 0.25) is 0 Å². The summed E-state index contributed by atoms with van der Waals surface area (Å²) in [6.07, 6.45) is 1.57. The Bertz CT molecular complexity index is 782. The second-order valence-corrected chi connectivity index (χ2v) is 6.57. The molecular formula is C15H9BrN2O2S2. The summed E-state index contributed by atoms with van der Waals surface area (Å²) in [7, 11) is 0. The van der Waals surface area contributed by atoms with Crippen molar-refractivity contribution < 1.29 is 9.59 Å². The first-order valence-electron chi connectivity index (χ1n) is 6.25. The summed E-state index contributed by atoms with van der Waals surface area (Å²) < 4.78 is 0.893. The highest BCUT2D eigenvalue weighted by atomic mass is 79.9. The van der Waals surface area contributed by atoms with Gasteiger partial charge in [-0.3, -0.25) is 19.8 Å². The number of hydrogen-bond donors (Lipinski definition) is 1. The number of thiocarbonyl (C=S) groups is 1. The Morgan fingerprint density at radius 1 is 1.18 bits per heavy atom. The lowest BCUT2D eigenvalue weighted by Gasteiger charge is -2.28. The van der Waals surface area contributed by atoms with Gasteiger partial charge in [-0.1, -0.05) is 15.9 Å². The van der Waals surface area contributed by atoms with Crippen LogP contribution in [0.4, 0.5) is 5.69 Å². The van der Waals surface area contributed by atoms with Crippen LogP contribution < -0.4 is 10.2 Å². The third-order valence-corrected chi connectivity index (χ3v) is 4.56. The third kappa shape index (κ3) is 2.87. The molecule has 0 saturated carbocycles. The Kier molecular flexibility index (Phi) is 4.19. The summed E-state index contributed by atoms with van der Waals surface area (Å²) in [4.78, 5) is 26.0. The van der Waals surface area contributed by atoms with Crippen LogP contribution in [0.2, 0.25) is 0 Å². The summed E-state index contributed by atoms with van der Waals surface area (Å²) in [6.45, 7) is 0. The molecule has 2 heterocycles. The van der Waals surface area contributed by atoms with Gasteiger partial charge >= 0.3 is 0 Å². The van der Waals surface area contributed by atoms with Crippen molar-refractivity contribution >= 4 is 68.2 Å². The molecule has 0 radical (unpaired) electrons. The topological polar surface area (TPSA) is 49.4 Å². The molecule has 0 unspecified atom stereocenters. The molecule has 1 aliphatic heterocycles. The summed E-state index contributed by atoms with van der Waals surface area (Å²) in [5.41, 5.74) is 1.48. The van der Waals surface area contributed by atoms with Gasteiger partial charge in [0, 0.05) is 4.47 Å². The summed E-state index contributed by atoms with van der Waals surface area (Å²) in [5, 5.41) is 6.39. The molecule has 0 atom stereocenters. The molecule has 22 heavy (non-hydrogen) atoms. The predicted octanol–water partition coefficient (Wildman–Crippen LogP) is 3.34. The lowest BCUT2D eigenvalue weighted by Crippen LogP contribution is -2.54. The second-order valence-electron chi connectivity index (χ2n) is 4.49. The maximum absolute atomic E-state index is 12.7. The minimum atomic E-state index is -0.477. The van der Waals surface area contributed by atoms with Gasteiger partial charge in [-0.15, -0.1) is 0 Å². The van der Waals surface area contributed by atoms with Crippen molar-refractivity contribution in [2.45, 2.75) is 0 Å². The molecule has 1 saturated heterocycles. The summed E-state index contributed by atoms with van der Waals surface area (Å²) in [6, 6.07) is 8.98. The number of hydrogen-bond acceptors (Lipinski definition) is 4. The van der Waals surface area contributed by atoms with Gasteiger partial charge in [-0.25, -0.2) is 0 Å². The van der Waals surface area contributed by atoms with Crippen LogP contribution in [0, 0.1) is 0 Å². The Morgan fingerprint density at radius 2 is 1.91 bits per heavy atom. The van der Waals surface area contributed by atoms with Gasteiger partial charge < -0.3 is 0 Å². The zero-order chi connectivity index (χ0) is 15.7. The van der Waals surface area contributed by atoms with Gasteiger partial charge in [0.25, 0.3) is 11.8 Å². The maximum atomic E-state index is 12.7. The smallest absolute Gasteiger partial charge is 0.270 e. The average Bonchev–Trinajstić information content (AvgIpc) is 2.98. The van der Waals surface area contributed by atoms with E-state index in [2.05, 4.69) is 21.2 Å². The molecule has 7 heteroatoms. The Labute approximate surface area is 144 Å². The molecule has 1 aliphatic rings. The normalized spacial score (nSPS) is 17.0. The zero-order valence-electron chi connectivity index (χ0n) is 11.1. The van der Waals surface area contributed by atoms with E-state index in [4.69, 9.17) is 12.2 Å². The van der Waals surface area contributed by atoms with E-state index in [1.54, 1.807) is 18.2 Å². The number of benzene rings is 1. The van der Waals surface area contributed by atoms with Crippen molar-refractivity contribution in [3.05, 3.63) is 56.7 Å². The van der Waals surface area contributed by atoms with Crippen molar-refractivity contribution in [1.82, 2.24) is 5.32 Å². The number of carbonyl (C=O) groups excluding carboxylic acids is 2. The standard InChI is InChI=1S/C15H9BrN2O2S2/c16-10-1-3-11(4-2-10)18-14(20)12(13(19)17-15(18)21)7-9-5-6-22-8-9/h1-8H,(H,17,19,21)/b12-7-. The number of anilines is 1. The quantitative estimate of drug-likeness (QED) is 0.484. The molecule has 2 aromatic rings. The highest BCUT2D eigenvalue weighted by Crippen LogP contribution is 2.24. The number of halogens is 1. The van der Waals surface area contributed by atoms with Crippen LogP contribution in [-0.4, -0.2) is 16.9 Å². The summed E-state index contributed by atoms with van der Waals surface area (Å²) >= 11 is 9.98. The van der Waals surface area contributed by atoms with Crippen LogP contribution in [0.1, 0.15) is 5.56 Å². The van der Waals surface area contributed by atoms with Crippen molar-refractivity contribution in [2.75, 3.05) is 4.90 Å². The molecule has 0 aliphatic carbocycles. The maximum Gasteiger partial charge on any atom is 0.270 e. The predicted molar refractivity (Wildman–Crippen MR) is 94.7 cm³/mol. The Morgan fingerprint density at radius 3 is 2.55 bits per heavy atom. The molecule has 0 spiro atoms. The fourth-order valence-electron chi connectivity index (χ4n) is 2.01. The van der Waals surface area contributed by atoms with Gasteiger partial charge in [-0.2, -0.15) is 11.3 Å². The largest absolute Gasteiger partial charge is 0.298 e. The first-order valence-corrected chi connectivity index (χ1v) is 8.40. The molecule has 3 rings (SSSR count). The third-order valence-electron chi connectivity index (χ3n) is 3.04. The lowest BCUT2D eigenvalue weighted by molar-refractivity contribution is -0.122. The molecule has 1 N–H and O–H groups in total. The molecule has 110 valence electrons. The Balaban J connectivity index is 2.01. The minimum Gasteiger partial charge on any atom is -0.298 e. The number of amides is 2. The average molecular weight is 393 g/mol. The molecule has 1 aromatic carbocycles. The van der Waals surface area contributed by atoms with Crippen LogP contribution in [-0.2, 0) is 9.59 Å². The number of thiophene rings is 1. The molecule has 4 nitrogen and oxygen atoms in total.